The Kier molecular flexibility index (Phi) is 52.2. The number of rotatable bonds is 12. The van der Waals surface area contributed by atoms with Gasteiger partial charge in [0.25, 0.3) is 0 Å². The van der Waals surface area contributed by atoms with E-state index in [0.29, 0.717) is 0 Å². The van der Waals surface area contributed by atoms with Crippen molar-refractivity contribution < 1.29 is 141 Å². The molecular weight excluding hydrogens is 2530 g/mol. The van der Waals surface area contributed by atoms with E-state index in [1.807, 2.05) is 79.0 Å². The van der Waals surface area contributed by atoms with Crippen molar-refractivity contribution in [3.05, 3.63) is 404 Å². The summed E-state index contributed by atoms with van der Waals surface area (Å²) in [4.78, 5) is 68.0. The van der Waals surface area contributed by atoms with Crippen LogP contribution in [0.4, 0.5) is 11.4 Å². The third-order valence-electron chi connectivity index (χ3n) is 18.1. The van der Waals surface area contributed by atoms with Crippen LogP contribution >= 0.6 is 0 Å². The van der Waals surface area contributed by atoms with Crippen molar-refractivity contribution in [2.75, 3.05) is 0 Å². The molecule has 15 aromatic rings. The van der Waals surface area contributed by atoms with Crippen LogP contribution in [-0.4, -0.2) is 75.9 Å². The number of hydrogen-bond donors (Lipinski definition) is 4. The maximum absolute atomic E-state index is 10.0. The Balaban J connectivity index is 0.000000516. The van der Waals surface area contributed by atoms with Crippen molar-refractivity contribution in [1.82, 2.24) is 19.9 Å². The number of hydrogen-bond acceptors (Lipinski definition) is 14. The number of aromatic nitrogens is 4. The van der Waals surface area contributed by atoms with Crippen LogP contribution in [0.3, 0.4) is 0 Å². The molecule has 0 saturated heterocycles. The number of para-hydroxylation sites is 2. The number of carbonyl (C=O) groups excluding carboxylic acids is 4. The second-order valence-electron chi connectivity index (χ2n) is 31.3. The molecule has 0 aliphatic heterocycles. The average Bonchev–Trinajstić information content (AvgIpc) is 0.803. The fourth-order valence-electron chi connectivity index (χ4n) is 13.3. The molecule has 132 heavy (non-hydrogen) atoms. The number of ketones is 4. The Bertz CT molecular complexity index is 6280. The van der Waals surface area contributed by atoms with Gasteiger partial charge >= 0.3 is 21.1 Å². The van der Waals surface area contributed by atoms with Gasteiger partial charge < -0.3 is 35.4 Å². The molecular formula is C113H112Ir4N6O8Pt-4. The summed E-state index contributed by atoms with van der Waals surface area (Å²) in [5, 5.41) is 39.5. The minimum absolute atomic E-state index is 0. The molecule has 0 aliphatic carbocycles. The molecule has 692 valence electrons. The van der Waals surface area contributed by atoms with Crippen molar-refractivity contribution in [1.29, 1.82) is 0 Å². The fraction of sp³-hybridized carbons (Fsp3) is 0.186. The normalized spacial score (nSPS) is 10.7. The smallest absolute Gasteiger partial charge is 0.512 e. The summed E-state index contributed by atoms with van der Waals surface area (Å²) in [5.74, 6) is -0.250. The summed E-state index contributed by atoms with van der Waals surface area (Å²) in [6, 6.07) is 98.5. The molecule has 11 aromatic carbocycles. The van der Waals surface area contributed by atoms with E-state index >= 15 is 0 Å². The zero-order valence-electron chi connectivity index (χ0n) is 78.2. The summed E-state index contributed by atoms with van der Waals surface area (Å²) >= 11 is 0. The largest absolute Gasteiger partial charge is 2.00 e. The number of aliphatic imine (C=N–C) groups is 2. The Morgan fingerprint density at radius 1 is 0.311 bits per heavy atom. The Morgan fingerprint density at radius 3 is 1.05 bits per heavy atom. The van der Waals surface area contributed by atoms with E-state index in [2.05, 4.69) is 299 Å². The summed E-state index contributed by atoms with van der Waals surface area (Å²) in [6.07, 6.45) is 10.1. The van der Waals surface area contributed by atoms with Crippen LogP contribution in [0.25, 0.3) is 88.5 Å². The molecule has 0 saturated carbocycles. The SMILES string of the molecule is CC(=O)C=C(C)O.CC(=O)C=C(C)O.CC(=O)C=C(C)O.CC(=O)C=C(C)O.Cc1[c-]c(-c2ccc3c(C)cc(C)cc3n2)cc(C)c1.Cc1[c-]c(-c2ccc3cc(C)ccc3n2)cc(C)c1.Cc1[c-]c(-c2ccc3ccc(C)cc3n2)cc(C)c1.Cc1[c-]c(-c2nccc3cc(C)ccc23)cc(C)c1.[Ir].[Ir].[Ir].[Ir].[Pt+2].[c-]1ccccc1C=Nc1ccccc1N=Cc1[c-]cccc1. The van der Waals surface area contributed by atoms with E-state index < -0.39 is 0 Å². The zero-order valence-corrected chi connectivity index (χ0v) is 90.1. The molecule has 0 spiro atoms. The molecule has 0 aliphatic rings. The van der Waals surface area contributed by atoms with Gasteiger partial charge in [-0.3, -0.25) is 34.1 Å². The first-order chi connectivity index (χ1) is 60.3. The molecule has 4 aromatic heterocycles. The Hall–Kier alpha value is -11.5. The number of fused-ring (bicyclic) bond motifs is 4. The van der Waals surface area contributed by atoms with E-state index in [9.17, 15) is 19.2 Å². The topological polar surface area (TPSA) is 225 Å². The minimum Gasteiger partial charge on any atom is -0.512 e. The van der Waals surface area contributed by atoms with Crippen molar-refractivity contribution in [3.63, 3.8) is 0 Å². The minimum atomic E-state index is -0.125. The van der Waals surface area contributed by atoms with Crippen LogP contribution in [0.1, 0.15) is 139 Å². The Labute approximate surface area is 848 Å². The van der Waals surface area contributed by atoms with Crippen LogP contribution in [0.5, 0.6) is 0 Å². The number of nitrogens with zero attached hydrogens (tertiary/aromatic N) is 6. The molecule has 4 N–H and O–H groups in total. The summed E-state index contributed by atoms with van der Waals surface area (Å²) in [6.45, 7) is 38.7. The van der Waals surface area contributed by atoms with E-state index in [0.717, 1.165) is 106 Å². The first-order valence-corrected chi connectivity index (χ1v) is 41.5. The second kappa shape index (κ2) is 59.1. The third kappa shape index (κ3) is 42.0. The zero-order chi connectivity index (χ0) is 93.0. The predicted molar refractivity (Wildman–Crippen MR) is 525 cm³/mol. The van der Waals surface area contributed by atoms with Crippen LogP contribution in [0.2, 0.25) is 0 Å². The van der Waals surface area contributed by atoms with E-state index in [4.69, 9.17) is 35.4 Å². The number of pyridine rings is 4. The maximum Gasteiger partial charge on any atom is 2.00 e. The molecule has 0 atom stereocenters. The van der Waals surface area contributed by atoms with E-state index in [1.54, 1.807) is 12.4 Å². The van der Waals surface area contributed by atoms with Gasteiger partial charge in [0.05, 0.1) is 51.0 Å². The molecule has 19 heteroatoms. The van der Waals surface area contributed by atoms with Crippen molar-refractivity contribution in [2.45, 2.75) is 145 Å². The van der Waals surface area contributed by atoms with E-state index in [-0.39, 0.29) is 148 Å². The molecule has 0 unspecified atom stereocenters. The van der Waals surface area contributed by atoms with Crippen LogP contribution in [0.15, 0.2) is 294 Å². The maximum atomic E-state index is 10.0. The van der Waals surface area contributed by atoms with Crippen LogP contribution in [0, 0.1) is 126 Å². The summed E-state index contributed by atoms with van der Waals surface area (Å²) in [7, 11) is 0. The first-order valence-electron chi connectivity index (χ1n) is 41.5. The number of aliphatic hydroxyl groups is 4. The number of aliphatic hydroxyl groups excluding tert-OH is 4. The second-order valence-corrected chi connectivity index (χ2v) is 31.3. The van der Waals surface area contributed by atoms with Gasteiger partial charge in [0.2, 0.25) is 0 Å². The van der Waals surface area contributed by atoms with Crippen LogP contribution < -0.4 is 0 Å². The monoisotopic (exact) mass is 2650 g/mol. The average molecular weight is 2650 g/mol. The van der Waals surface area contributed by atoms with Crippen molar-refractivity contribution in [3.8, 4) is 45.0 Å². The molecule has 0 bridgehead atoms. The summed E-state index contributed by atoms with van der Waals surface area (Å²) in [5.41, 5.74) is 30.9. The molecule has 0 fully saturated rings. The summed E-state index contributed by atoms with van der Waals surface area (Å²) < 4.78 is 0. The predicted octanol–water partition coefficient (Wildman–Crippen LogP) is 27.7. The first kappa shape index (κ1) is 117. The number of benzene rings is 11. The van der Waals surface area contributed by atoms with Gasteiger partial charge in [0.1, 0.15) is 0 Å². The molecule has 4 heterocycles. The van der Waals surface area contributed by atoms with E-state index in [1.165, 1.54) is 157 Å². The standard InChI is InChI=1S/C20H14N2.C19H18N.3C18H16N.4C5H8O2.4Ir.Pt/c1-3-9-17(10-4-1)15-21-19-13-7-8-14-20(19)22-16-18-11-5-2-6-12-18;1-12-7-13(2)10-16(9-12)18-6-5-17-15(4)8-14(3)11-19(17)20-18;1-12-4-6-17-15(9-12)5-7-18(19-17)16-10-13(2)8-14(3)11-16;1-12-4-5-15-6-7-17(19-18(15)11-12)16-9-13(2)8-14(3)10-16;1-12-4-5-17-15(9-12)6-7-19-18(17)16-10-13(2)8-14(3)11-16;4*1-4(6)3-5(2)7;;;;;/h1-9,11,13-16H;5-9,11H,1-4H3;4-10H,1-3H3;4-9,11H,1-3H3;4-10H,1-3H3;4*3,6H,1-2H3;;;;;/q-2;4*-1;;;;;;;;;+2. The van der Waals surface area contributed by atoms with Gasteiger partial charge in [0, 0.05) is 116 Å². The number of carbonyl (C=O) groups is 4. The number of aryl methyl sites for hydroxylation is 13. The van der Waals surface area contributed by atoms with Gasteiger partial charge in [0.15, 0.2) is 23.1 Å². The third-order valence-corrected chi connectivity index (χ3v) is 18.1. The quantitative estimate of drug-likeness (QED) is 0.0388. The van der Waals surface area contributed by atoms with Crippen molar-refractivity contribution >= 4 is 90.4 Å². The molecule has 0 amide bonds. The fourth-order valence-corrected chi connectivity index (χ4v) is 13.3. The molecule has 4 radical (unpaired) electrons. The van der Waals surface area contributed by atoms with Gasteiger partial charge in [-0.2, -0.15) is 0 Å². The van der Waals surface area contributed by atoms with Gasteiger partial charge in [-0.15, -0.1) is 211 Å². The van der Waals surface area contributed by atoms with Gasteiger partial charge in [-0.25, -0.2) is 0 Å². The molecule has 15 rings (SSSR count). The molecule has 14 nitrogen and oxygen atoms in total. The van der Waals surface area contributed by atoms with Crippen molar-refractivity contribution in [2.24, 2.45) is 9.98 Å². The number of allylic oxidation sites excluding steroid dienone is 8. The van der Waals surface area contributed by atoms with Crippen LogP contribution in [-0.2, 0) is 121 Å². The Morgan fingerprint density at radius 2 is 0.644 bits per heavy atom. The van der Waals surface area contributed by atoms with Gasteiger partial charge in [-0.1, -0.05) is 158 Å². The van der Waals surface area contributed by atoms with Gasteiger partial charge in [-0.05, 0) is 206 Å².